The Kier molecular flexibility index (Phi) is 4.16. The van der Waals surface area contributed by atoms with Crippen LogP contribution >= 0.6 is 0 Å². The fraction of sp³-hybridized carbons (Fsp3) is 0.429. The molecule has 19 heavy (non-hydrogen) atoms. The molecule has 5 nitrogen and oxygen atoms in total. The molecular weight excluding hydrogens is 244 g/mol. The molecule has 0 bridgehead atoms. The standard InChI is InChI=1S/C14H18N2O3/c1-19-14(18)11-8-5-9-16(11)13(17)12(15)10-6-3-2-4-7-10/h2-4,6-7,11-12H,5,8-9,15H2,1H3/t11-,12?/m0/s1. The van der Waals surface area contributed by atoms with Gasteiger partial charge < -0.3 is 15.4 Å². The molecule has 1 aliphatic rings. The molecule has 1 amide bonds. The van der Waals surface area contributed by atoms with Crippen molar-refractivity contribution in [3.8, 4) is 0 Å². The van der Waals surface area contributed by atoms with Gasteiger partial charge in [0.1, 0.15) is 12.1 Å². The molecule has 0 spiro atoms. The van der Waals surface area contributed by atoms with Crippen molar-refractivity contribution in [2.45, 2.75) is 24.9 Å². The van der Waals surface area contributed by atoms with Gasteiger partial charge in [0.25, 0.3) is 0 Å². The predicted octanol–water partition coefficient (Wildman–Crippen LogP) is 0.850. The highest BCUT2D eigenvalue weighted by atomic mass is 16.5. The van der Waals surface area contributed by atoms with E-state index in [9.17, 15) is 9.59 Å². The van der Waals surface area contributed by atoms with E-state index in [1.165, 1.54) is 12.0 Å². The summed E-state index contributed by atoms with van der Waals surface area (Å²) in [6, 6.07) is 7.94. The lowest BCUT2D eigenvalue weighted by atomic mass is 10.1. The van der Waals surface area contributed by atoms with Crippen molar-refractivity contribution in [3.63, 3.8) is 0 Å². The first-order chi connectivity index (χ1) is 9.15. The summed E-state index contributed by atoms with van der Waals surface area (Å²) in [5.74, 6) is -0.592. The van der Waals surface area contributed by atoms with E-state index in [0.29, 0.717) is 13.0 Å². The molecule has 2 atom stereocenters. The lowest BCUT2D eigenvalue weighted by Gasteiger charge is -2.25. The van der Waals surface area contributed by atoms with Crippen molar-refractivity contribution in [1.82, 2.24) is 4.90 Å². The molecule has 1 saturated heterocycles. The minimum Gasteiger partial charge on any atom is -0.467 e. The van der Waals surface area contributed by atoms with Gasteiger partial charge in [-0.25, -0.2) is 4.79 Å². The molecule has 0 radical (unpaired) electrons. The average molecular weight is 262 g/mol. The topological polar surface area (TPSA) is 72.6 Å². The van der Waals surface area contributed by atoms with Gasteiger partial charge in [-0.2, -0.15) is 0 Å². The first kappa shape index (κ1) is 13.5. The minimum absolute atomic E-state index is 0.223. The zero-order chi connectivity index (χ0) is 13.8. The van der Waals surface area contributed by atoms with Crippen LogP contribution in [0.4, 0.5) is 0 Å². The number of amides is 1. The Balaban J connectivity index is 2.13. The normalized spacial score (nSPS) is 20.1. The van der Waals surface area contributed by atoms with Crippen LogP contribution in [0.15, 0.2) is 30.3 Å². The van der Waals surface area contributed by atoms with Gasteiger partial charge in [0, 0.05) is 6.54 Å². The van der Waals surface area contributed by atoms with E-state index >= 15 is 0 Å². The Morgan fingerprint density at radius 3 is 2.68 bits per heavy atom. The molecule has 1 aliphatic heterocycles. The van der Waals surface area contributed by atoms with Crippen LogP contribution in [0.25, 0.3) is 0 Å². The number of nitrogens with zero attached hydrogens (tertiary/aromatic N) is 1. The van der Waals surface area contributed by atoms with E-state index in [1.807, 2.05) is 30.3 Å². The second-order valence-electron chi connectivity index (χ2n) is 4.60. The molecule has 1 heterocycles. The second kappa shape index (κ2) is 5.84. The zero-order valence-corrected chi connectivity index (χ0v) is 10.9. The number of rotatable bonds is 3. The highest BCUT2D eigenvalue weighted by Crippen LogP contribution is 2.22. The zero-order valence-electron chi connectivity index (χ0n) is 10.9. The van der Waals surface area contributed by atoms with Gasteiger partial charge in [0.2, 0.25) is 5.91 Å². The first-order valence-corrected chi connectivity index (χ1v) is 6.34. The third kappa shape index (κ3) is 2.76. The van der Waals surface area contributed by atoms with E-state index in [0.717, 1.165) is 12.0 Å². The summed E-state index contributed by atoms with van der Waals surface area (Å²) >= 11 is 0. The van der Waals surface area contributed by atoms with E-state index < -0.39 is 12.1 Å². The molecule has 2 N–H and O–H groups in total. The minimum atomic E-state index is -0.730. The molecule has 102 valence electrons. The van der Waals surface area contributed by atoms with Crippen molar-refractivity contribution in [2.75, 3.05) is 13.7 Å². The monoisotopic (exact) mass is 262 g/mol. The van der Waals surface area contributed by atoms with Crippen molar-refractivity contribution >= 4 is 11.9 Å². The quantitative estimate of drug-likeness (QED) is 0.820. The molecule has 2 rings (SSSR count). The molecule has 1 fully saturated rings. The summed E-state index contributed by atoms with van der Waals surface area (Å²) in [4.78, 5) is 25.5. The molecule has 5 heteroatoms. The van der Waals surface area contributed by atoms with Crippen molar-refractivity contribution in [1.29, 1.82) is 0 Å². The Hall–Kier alpha value is -1.88. The molecule has 0 saturated carbocycles. The van der Waals surface area contributed by atoms with E-state index in [1.54, 1.807) is 0 Å². The number of hydrogen-bond donors (Lipinski definition) is 1. The number of benzene rings is 1. The SMILES string of the molecule is COC(=O)[C@@H]1CCCN1C(=O)C(N)c1ccccc1. The van der Waals surface area contributed by atoms with Crippen LogP contribution in [-0.4, -0.2) is 36.5 Å². The van der Waals surface area contributed by atoms with Gasteiger partial charge in [0.15, 0.2) is 0 Å². The number of methoxy groups -OCH3 is 1. The number of carbonyl (C=O) groups is 2. The summed E-state index contributed by atoms with van der Waals surface area (Å²) in [5, 5.41) is 0. The maximum absolute atomic E-state index is 12.4. The molecule has 0 aliphatic carbocycles. The summed E-state index contributed by atoms with van der Waals surface area (Å²) in [5.41, 5.74) is 6.73. The maximum Gasteiger partial charge on any atom is 0.328 e. The number of esters is 1. The Morgan fingerprint density at radius 1 is 1.37 bits per heavy atom. The number of nitrogens with two attached hydrogens (primary N) is 1. The van der Waals surface area contributed by atoms with Crippen LogP contribution < -0.4 is 5.73 Å². The van der Waals surface area contributed by atoms with E-state index in [4.69, 9.17) is 10.5 Å². The molecule has 0 aromatic heterocycles. The van der Waals surface area contributed by atoms with Gasteiger partial charge in [-0.05, 0) is 18.4 Å². The third-order valence-electron chi connectivity index (χ3n) is 3.43. The van der Waals surface area contributed by atoms with Crippen LogP contribution in [0, 0.1) is 0 Å². The molecule has 1 aromatic carbocycles. The number of ether oxygens (including phenoxy) is 1. The smallest absolute Gasteiger partial charge is 0.328 e. The van der Waals surface area contributed by atoms with Crippen LogP contribution in [0.5, 0.6) is 0 Å². The predicted molar refractivity (Wildman–Crippen MR) is 70.1 cm³/mol. The number of likely N-dealkylation sites (tertiary alicyclic amines) is 1. The van der Waals surface area contributed by atoms with Crippen LogP contribution in [-0.2, 0) is 14.3 Å². The van der Waals surface area contributed by atoms with E-state index in [-0.39, 0.29) is 11.9 Å². The third-order valence-corrected chi connectivity index (χ3v) is 3.43. The van der Waals surface area contributed by atoms with Gasteiger partial charge in [0.05, 0.1) is 7.11 Å². The van der Waals surface area contributed by atoms with Gasteiger partial charge >= 0.3 is 5.97 Å². The van der Waals surface area contributed by atoms with Crippen LogP contribution in [0.2, 0.25) is 0 Å². The van der Waals surface area contributed by atoms with E-state index in [2.05, 4.69) is 0 Å². The van der Waals surface area contributed by atoms with Gasteiger partial charge in [-0.1, -0.05) is 30.3 Å². The molecular formula is C14H18N2O3. The molecule has 1 unspecified atom stereocenters. The highest BCUT2D eigenvalue weighted by Gasteiger charge is 2.37. The average Bonchev–Trinajstić information content (AvgIpc) is 2.95. The number of hydrogen-bond acceptors (Lipinski definition) is 4. The fourth-order valence-corrected chi connectivity index (χ4v) is 2.39. The van der Waals surface area contributed by atoms with Crippen molar-refractivity contribution in [2.24, 2.45) is 5.73 Å². The Bertz CT molecular complexity index is 461. The number of carbonyl (C=O) groups excluding carboxylic acids is 2. The largest absolute Gasteiger partial charge is 0.467 e. The summed E-state index contributed by atoms with van der Waals surface area (Å²) < 4.78 is 4.73. The summed E-state index contributed by atoms with van der Waals surface area (Å²) in [6.45, 7) is 0.555. The molecule has 1 aromatic rings. The van der Waals surface area contributed by atoms with Gasteiger partial charge in [-0.3, -0.25) is 4.79 Å². The van der Waals surface area contributed by atoms with Crippen molar-refractivity contribution < 1.29 is 14.3 Å². The highest BCUT2D eigenvalue weighted by molar-refractivity contribution is 5.88. The summed E-state index contributed by atoms with van der Waals surface area (Å²) in [6.07, 6.45) is 1.44. The van der Waals surface area contributed by atoms with Crippen LogP contribution in [0.1, 0.15) is 24.4 Å². The maximum atomic E-state index is 12.4. The second-order valence-corrected chi connectivity index (χ2v) is 4.60. The Labute approximate surface area is 112 Å². The van der Waals surface area contributed by atoms with Crippen LogP contribution in [0.3, 0.4) is 0 Å². The van der Waals surface area contributed by atoms with Crippen molar-refractivity contribution in [3.05, 3.63) is 35.9 Å². The Morgan fingerprint density at radius 2 is 2.05 bits per heavy atom. The summed E-state index contributed by atoms with van der Waals surface area (Å²) in [7, 11) is 1.33. The fourth-order valence-electron chi connectivity index (χ4n) is 2.39. The lowest BCUT2D eigenvalue weighted by molar-refractivity contribution is -0.151. The van der Waals surface area contributed by atoms with Gasteiger partial charge in [-0.15, -0.1) is 0 Å². The first-order valence-electron chi connectivity index (χ1n) is 6.34. The lowest BCUT2D eigenvalue weighted by Crippen LogP contribution is -2.45.